The highest BCUT2D eigenvalue weighted by atomic mass is 32.1. The fourth-order valence-corrected chi connectivity index (χ4v) is 2.86. The van der Waals surface area contributed by atoms with Gasteiger partial charge < -0.3 is 16.2 Å². The summed E-state index contributed by atoms with van der Waals surface area (Å²) in [5.74, 6) is -1.66. The molecule has 116 valence electrons. The topological polar surface area (TPSA) is 75.3 Å². The first-order valence-electron chi connectivity index (χ1n) is 6.78. The number of benzene rings is 2. The van der Waals surface area contributed by atoms with E-state index >= 15 is 0 Å². The molecule has 0 saturated heterocycles. The van der Waals surface area contributed by atoms with Crippen molar-refractivity contribution < 1.29 is 14.3 Å². The van der Waals surface area contributed by atoms with E-state index in [4.69, 9.17) is 5.73 Å². The van der Waals surface area contributed by atoms with Crippen LogP contribution in [0.25, 0.3) is 10.4 Å². The molecular weight excluding hydrogens is 315 g/mol. The Balaban J connectivity index is 1.90. The van der Waals surface area contributed by atoms with Gasteiger partial charge in [-0.3, -0.25) is 4.79 Å². The number of halogens is 1. The molecule has 1 heterocycles. The average Bonchev–Trinajstić information content (AvgIpc) is 3.03. The monoisotopic (exact) mass is 328 g/mol. The van der Waals surface area contributed by atoms with Gasteiger partial charge in [-0.1, -0.05) is 12.1 Å². The van der Waals surface area contributed by atoms with Crippen LogP contribution in [0, 0.1) is 5.82 Å². The lowest BCUT2D eigenvalue weighted by atomic mass is 10.1. The van der Waals surface area contributed by atoms with Crippen molar-refractivity contribution in [3.8, 4) is 16.2 Å². The second kappa shape index (κ2) is 6.10. The van der Waals surface area contributed by atoms with Gasteiger partial charge in [0, 0.05) is 10.9 Å². The summed E-state index contributed by atoms with van der Waals surface area (Å²) in [5, 5.41) is 13.8. The Morgan fingerprint density at radius 1 is 1.17 bits per heavy atom. The van der Waals surface area contributed by atoms with E-state index < -0.39 is 11.7 Å². The predicted octanol–water partition coefficient (Wildman–Crippen LogP) is 4.09. The SMILES string of the molecule is Nc1ccc(-c2cccs2)cc1NC(=O)c1ccc(O)cc1F. The molecular formula is C17H13FN2O2S. The standard InChI is InChI=1S/C17H13FN2O2S/c18-13-9-11(21)4-5-12(13)17(22)20-15-8-10(3-6-14(15)19)16-2-1-7-23-16/h1-9,21H,19H2,(H,20,22). The molecule has 0 unspecified atom stereocenters. The molecule has 4 nitrogen and oxygen atoms in total. The molecule has 0 saturated carbocycles. The van der Waals surface area contributed by atoms with Crippen LogP contribution in [0.1, 0.15) is 10.4 Å². The molecule has 6 heteroatoms. The molecule has 1 amide bonds. The Morgan fingerprint density at radius 2 is 2.00 bits per heavy atom. The van der Waals surface area contributed by atoms with Crippen LogP contribution in [0.15, 0.2) is 53.9 Å². The first-order chi connectivity index (χ1) is 11.0. The van der Waals surface area contributed by atoms with E-state index in [1.54, 1.807) is 23.5 Å². The number of nitrogens with two attached hydrogens (primary N) is 1. The minimum absolute atomic E-state index is 0.163. The molecule has 1 aromatic heterocycles. The van der Waals surface area contributed by atoms with Crippen molar-refractivity contribution in [2.45, 2.75) is 0 Å². The number of carbonyl (C=O) groups is 1. The van der Waals surface area contributed by atoms with Gasteiger partial charge in [-0.2, -0.15) is 0 Å². The van der Waals surface area contributed by atoms with Gasteiger partial charge in [-0.15, -0.1) is 11.3 Å². The van der Waals surface area contributed by atoms with Crippen molar-refractivity contribution in [1.29, 1.82) is 0 Å². The van der Waals surface area contributed by atoms with Crippen LogP contribution in [0.3, 0.4) is 0 Å². The predicted molar refractivity (Wildman–Crippen MR) is 90.2 cm³/mol. The zero-order valence-electron chi connectivity index (χ0n) is 11.9. The number of thiophene rings is 1. The number of carbonyl (C=O) groups excluding carboxylic acids is 1. The summed E-state index contributed by atoms with van der Waals surface area (Å²) in [6, 6.07) is 12.6. The van der Waals surface area contributed by atoms with Crippen molar-refractivity contribution >= 4 is 28.6 Å². The number of nitrogen functional groups attached to an aromatic ring is 1. The lowest BCUT2D eigenvalue weighted by molar-refractivity contribution is 0.102. The highest BCUT2D eigenvalue weighted by Crippen LogP contribution is 2.30. The van der Waals surface area contributed by atoms with Crippen molar-refractivity contribution in [3.05, 3.63) is 65.3 Å². The van der Waals surface area contributed by atoms with Crippen LogP contribution in [0.5, 0.6) is 5.75 Å². The zero-order valence-corrected chi connectivity index (χ0v) is 12.7. The molecule has 0 aliphatic rings. The number of hydrogen-bond donors (Lipinski definition) is 3. The van der Waals surface area contributed by atoms with Gasteiger partial charge in [0.25, 0.3) is 5.91 Å². The highest BCUT2D eigenvalue weighted by Gasteiger charge is 2.14. The van der Waals surface area contributed by atoms with Crippen LogP contribution in [0.2, 0.25) is 0 Å². The van der Waals surface area contributed by atoms with E-state index in [1.807, 2.05) is 23.6 Å². The number of anilines is 2. The first-order valence-corrected chi connectivity index (χ1v) is 7.66. The van der Waals surface area contributed by atoms with Crippen molar-refractivity contribution in [2.75, 3.05) is 11.1 Å². The molecule has 0 aliphatic carbocycles. The Bertz CT molecular complexity index is 863. The van der Waals surface area contributed by atoms with Crippen LogP contribution in [-0.2, 0) is 0 Å². The normalized spacial score (nSPS) is 10.5. The maximum atomic E-state index is 13.8. The maximum absolute atomic E-state index is 13.8. The Morgan fingerprint density at radius 3 is 2.70 bits per heavy atom. The molecule has 2 aromatic carbocycles. The summed E-state index contributed by atoms with van der Waals surface area (Å²) < 4.78 is 13.8. The lowest BCUT2D eigenvalue weighted by Gasteiger charge is -2.10. The fraction of sp³-hybridized carbons (Fsp3) is 0. The number of phenolic OH excluding ortho intramolecular Hbond substituents is 1. The van der Waals surface area contributed by atoms with Crippen LogP contribution in [0.4, 0.5) is 15.8 Å². The zero-order chi connectivity index (χ0) is 16.4. The van der Waals surface area contributed by atoms with Crippen LogP contribution < -0.4 is 11.1 Å². The number of nitrogens with one attached hydrogen (secondary N) is 1. The summed E-state index contributed by atoms with van der Waals surface area (Å²) in [4.78, 5) is 13.2. The molecule has 0 fully saturated rings. The van der Waals surface area contributed by atoms with Gasteiger partial charge in [0.1, 0.15) is 11.6 Å². The molecule has 0 aliphatic heterocycles. The van der Waals surface area contributed by atoms with E-state index in [0.717, 1.165) is 16.5 Å². The van der Waals surface area contributed by atoms with Gasteiger partial charge in [-0.05, 0) is 41.3 Å². The number of amides is 1. The quantitative estimate of drug-likeness (QED) is 0.634. The second-order valence-electron chi connectivity index (χ2n) is 4.90. The third-order valence-corrected chi connectivity index (χ3v) is 4.22. The van der Waals surface area contributed by atoms with Gasteiger partial charge in [0.15, 0.2) is 0 Å². The summed E-state index contributed by atoms with van der Waals surface area (Å²) in [5.41, 5.74) is 7.43. The summed E-state index contributed by atoms with van der Waals surface area (Å²) in [6.45, 7) is 0. The molecule has 3 rings (SSSR count). The number of rotatable bonds is 3. The van der Waals surface area contributed by atoms with E-state index in [1.165, 1.54) is 12.1 Å². The Labute approximate surface area is 136 Å². The molecule has 4 N–H and O–H groups in total. The van der Waals surface area contributed by atoms with Gasteiger partial charge in [0.2, 0.25) is 0 Å². The Kier molecular flexibility index (Phi) is 3.99. The summed E-state index contributed by atoms with van der Waals surface area (Å²) in [6.07, 6.45) is 0. The van der Waals surface area contributed by atoms with Crippen molar-refractivity contribution in [3.63, 3.8) is 0 Å². The van der Waals surface area contributed by atoms with Gasteiger partial charge in [0.05, 0.1) is 16.9 Å². The van der Waals surface area contributed by atoms with Crippen molar-refractivity contribution in [1.82, 2.24) is 0 Å². The molecule has 0 bridgehead atoms. The molecule has 0 atom stereocenters. The third kappa shape index (κ3) is 3.17. The number of aromatic hydroxyl groups is 1. The van der Waals surface area contributed by atoms with E-state index in [0.29, 0.717) is 11.4 Å². The molecule has 23 heavy (non-hydrogen) atoms. The summed E-state index contributed by atoms with van der Waals surface area (Å²) >= 11 is 1.57. The largest absolute Gasteiger partial charge is 0.508 e. The van der Waals surface area contributed by atoms with E-state index in [9.17, 15) is 14.3 Å². The van der Waals surface area contributed by atoms with Crippen LogP contribution in [-0.4, -0.2) is 11.0 Å². The second-order valence-corrected chi connectivity index (χ2v) is 5.85. The van der Waals surface area contributed by atoms with Crippen LogP contribution >= 0.6 is 11.3 Å². The van der Waals surface area contributed by atoms with E-state index in [-0.39, 0.29) is 11.3 Å². The lowest BCUT2D eigenvalue weighted by Crippen LogP contribution is -2.14. The molecule has 3 aromatic rings. The van der Waals surface area contributed by atoms with Crippen molar-refractivity contribution in [2.24, 2.45) is 0 Å². The fourth-order valence-electron chi connectivity index (χ4n) is 2.14. The van der Waals surface area contributed by atoms with Gasteiger partial charge in [-0.25, -0.2) is 4.39 Å². The average molecular weight is 328 g/mol. The first kappa shape index (κ1) is 15.1. The van der Waals surface area contributed by atoms with E-state index in [2.05, 4.69) is 5.32 Å². The maximum Gasteiger partial charge on any atom is 0.258 e. The smallest absolute Gasteiger partial charge is 0.258 e. The Hall–Kier alpha value is -2.86. The van der Waals surface area contributed by atoms with Gasteiger partial charge >= 0.3 is 0 Å². The number of phenols is 1. The number of hydrogen-bond acceptors (Lipinski definition) is 4. The minimum atomic E-state index is -0.796. The summed E-state index contributed by atoms with van der Waals surface area (Å²) in [7, 11) is 0. The minimum Gasteiger partial charge on any atom is -0.508 e. The molecule has 0 spiro atoms. The third-order valence-electron chi connectivity index (χ3n) is 3.30. The highest BCUT2D eigenvalue weighted by molar-refractivity contribution is 7.13. The molecule has 0 radical (unpaired) electrons.